The number of carboxylic acid groups (broad SMARTS) is 1. The molecule has 0 saturated heterocycles. The third-order valence-corrected chi connectivity index (χ3v) is 2.98. The largest absolute Gasteiger partial charge is 0.477 e. The van der Waals surface area contributed by atoms with Crippen LogP contribution in [0.1, 0.15) is 10.4 Å². The van der Waals surface area contributed by atoms with E-state index >= 15 is 0 Å². The number of aromatic nitrogens is 2. The van der Waals surface area contributed by atoms with Crippen molar-refractivity contribution in [2.24, 2.45) is 7.05 Å². The molecule has 2 aromatic heterocycles. The zero-order chi connectivity index (χ0) is 11.7. The van der Waals surface area contributed by atoms with Gasteiger partial charge in [-0.1, -0.05) is 6.07 Å². The quantitative estimate of drug-likeness (QED) is 0.850. The van der Waals surface area contributed by atoms with Gasteiger partial charge in [0.15, 0.2) is 5.56 Å². The summed E-state index contributed by atoms with van der Waals surface area (Å²) in [6.07, 6.45) is 1.32. The van der Waals surface area contributed by atoms with Gasteiger partial charge >= 0.3 is 5.97 Å². The predicted octanol–water partition coefficient (Wildman–Crippen LogP) is 1.21. The summed E-state index contributed by atoms with van der Waals surface area (Å²) in [5, 5.41) is 10.8. The second-order valence-electron chi connectivity index (χ2n) is 3.17. The zero-order valence-electron chi connectivity index (χ0n) is 8.38. The van der Waals surface area contributed by atoms with Crippen LogP contribution < -0.4 is 5.56 Å². The summed E-state index contributed by atoms with van der Waals surface area (Å²) in [7, 11) is 1.47. The van der Waals surface area contributed by atoms with E-state index in [-0.39, 0.29) is 11.3 Å². The van der Waals surface area contributed by atoms with E-state index in [9.17, 15) is 9.59 Å². The molecular formula is C10H8N2O3S. The fourth-order valence-electron chi connectivity index (χ4n) is 1.33. The number of aromatic carboxylic acids is 1. The molecule has 2 heterocycles. The molecule has 0 atom stereocenters. The predicted molar refractivity (Wildman–Crippen MR) is 59.8 cm³/mol. The topological polar surface area (TPSA) is 72.2 Å². The fraction of sp³-hybridized carbons (Fsp3) is 0.100. The Morgan fingerprint density at radius 2 is 2.31 bits per heavy atom. The summed E-state index contributed by atoms with van der Waals surface area (Å²) in [6.45, 7) is 0. The van der Waals surface area contributed by atoms with Crippen molar-refractivity contribution in [1.29, 1.82) is 0 Å². The molecule has 1 N–H and O–H groups in total. The summed E-state index contributed by atoms with van der Waals surface area (Å²) in [5.74, 6) is -1.25. The Bertz CT molecular complexity index is 587. The molecule has 0 saturated carbocycles. The summed E-state index contributed by atoms with van der Waals surface area (Å²) in [5.41, 5.74) is -0.607. The Kier molecular flexibility index (Phi) is 2.57. The minimum Gasteiger partial charge on any atom is -0.477 e. The number of hydrogen-bond donors (Lipinski definition) is 1. The Morgan fingerprint density at radius 3 is 2.88 bits per heavy atom. The van der Waals surface area contributed by atoms with E-state index in [1.165, 1.54) is 24.7 Å². The number of thiophene rings is 1. The highest BCUT2D eigenvalue weighted by Crippen LogP contribution is 2.23. The van der Waals surface area contributed by atoms with Crippen LogP contribution >= 0.6 is 11.3 Å². The molecule has 2 rings (SSSR count). The highest BCUT2D eigenvalue weighted by atomic mass is 32.1. The molecule has 0 fully saturated rings. The van der Waals surface area contributed by atoms with E-state index in [4.69, 9.17) is 5.11 Å². The van der Waals surface area contributed by atoms with E-state index in [0.717, 1.165) is 4.57 Å². The zero-order valence-corrected chi connectivity index (χ0v) is 9.19. The van der Waals surface area contributed by atoms with Gasteiger partial charge < -0.3 is 9.67 Å². The SMILES string of the molecule is Cn1cnc(-c2cccs2)c(C(=O)O)c1=O. The van der Waals surface area contributed by atoms with Gasteiger partial charge in [0.1, 0.15) is 5.69 Å². The van der Waals surface area contributed by atoms with Crippen LogP contribution in [0.2, 0.25) is 0 Å². The first-order valence-electron chi connectivity index (χ1n) is 4.44. The van der Waals surface area contributed by atoms with Crippen LogP contribution in [0, 0.1) is 0 Å². The van der Waals surface area contributed by atoms with Crippen LogP contribution in [0.4, 0.5) is 0 Å². The molecule has 0 aromatic carbocycles. The number of carbonyl (C=O) groups is 1. The lowest BCUT2D eigenvalue weighted by Gasteiger charge is -2.04. The molecule has 0 aliphatic rings. The number of nitrogens with zero attached hydrogens (tertiary/aromatic N) is 2. The lowest BCUT2D eigenvalue weighted by Crippen LogP contribution is -2.25. The minimum absolute atomic E-state index is 0.227. The van der Waals surface area contributed by atoms with Gasteiger partial charge in [-0.15, -0.1) is 11.3 Å². The smallest absolute Gasteiger partial charge is 0.343 e. The van der Waals surface area contributed by atoms with Gasteiger partial charge in [-0.25, -0.2) is 9.78 Å². The van der Waals surface area contributed by atoms with Crippen LogP contribution in [0.15, 0.2) is 28.6 Å². The average Bonchev–Trinajstić information content (AvgIpc) is 2.74. The number of carboxylic acids is 1. The molecule has 82 valence electrons. The normalized spacial score (nSPS) is 10.3. The standard InChI is InChI=1S/C10H8N2O3S/c1-12-5-11-8(6-3-2-4-16-6)7(9(12)13)10(14)15/h2-5H,1H3,(H,14,15). The maximum Gasteiger partial charge on any atom is 0.343 e. The maximum absolute atomic E-state index is 11.7. The molecule has 5 nitrogen and oxygen atoms in total. The van der Waals surface area contributed by atoms with Gasteiger partial charge in [0.2, 0.25) is 0 Å². The molecule has 16 heavy (non-hydrogen) atoms. The Morgan fingerprint density at radius 1 is 1.56 bits per heavy atom. The van der Waals surface area contributed by atoms with Gasteiger partial charge in [-0.05, 0) is 11.4 Å². The van der Waals surface area contributed by atoms with Crippen molar-refractivity contribution in [3.63, 3.8) is 0 Å². The fourth-order valence-corrected chi connectivity index (χ4v) is 2.06. The van der Waals surface area contributed by atoms with Crippen molar-refractivity contribution in [1.82, 2.24) is 9.55 Å². The van der Waals surface area contributed by atoms with E-state index in [2.05, 4.69) is 4.98 Å². The lowest BCUT2D eigenvalue weighted by atomic mass is 10.2. The molecule has 0 unspecified atom stereocenters. The molecule has 0 aliphatic heterocycles. The summed E-state index contributed by atoms with van der Waals surface area (Å²) < 4.78 is 1.15. The van der Waals surface area contributed by atoms with Crippen molar-refractivity contribution < 1.29 is 9.90 Å². The molecule has 0 spiro atoms. The highest BCUT2D eigenvalue weighted by molar-refractivity contribution is 7.13. The van der Waals surface area contributed by atoms with Gasteiger partial charge in [-0.3, -0.25) is 4.79 Å². The summed E-state index contributed by atoms with van der Waals surface area (Å²) in [6, 6.07) is 3.52. The van der Waals surface area contributed by atoms with Gasteiger partial charge in [0.05, 0.1) is 11.2 Å². The van der Waals surface area contributed by atoms with Crippen molar-refractivity contribution in [2.45, 2.75) is 0 Å². The first kappa shape index (κ1) is 10.6. The summed E-state index contributed by atoms with van der Waals surface area (Å²) in [4.78, 5) is 27.4. The molecule has 0 radical (unpaired) electrons. The van der Waals surface area contributed by atoms with Crippen LogP contribution in [0.5, 0.6) is 0 Å². The molecule has 0 amide bonds. The van der Waals surface area contributed by atoms with E-state index < -0.39 is 11.5 Å². The van der Waals surface area contributed by atoms with Crippen LogP contribution in [-0.2, 0) is 7.05 Å². The Labute approximate surface area is 94.6 Å². The third-order valence-electron chi connectivity index (χ3n) is 2.10. The van der Waals surface area contributed by atoms with E-state index in [0.29, 0.717) is 4.88 Å². The van der Waals surface area contributed by atoms with Crippen molar-refractivity contribution in [2.75, 3.05) is 0 Å². The first-order chi connectivity index (χ1) is 7.61. The molecule has 6 heteroatoms. The molecule has 2 aromatic rings. The third kappa shape index (κ3) is 1.63. The number of aryl methyl sites for hydroxylation is 1. The molecule has 0 bridgehead atoms. The second kappa shape index (κ2) is 3.90. The first-order valence-corrected chi connectivity index (χ1v) is 5.32. The van der Waals surface area contributed by atoms with Crippen LogP contribution in [0.3, 0.4) is 0 Å². The van der Waals surface area contributed by atoms with Gasteiger partial charge in [0, 0.05) is 7.05 Å². The number of rotatable bonds is 2. The van der Waals surface area contributed by atoms with Gasteiger partial charge in [0.25, 0.3) is 5.56 Å². The number of hydrogen-bond acceptors (Lipinski definition) is 4. The van der Waals surface area contributed by atoms with Crippen LogP contribution in [0.25, 0.3) is 10.6 Å². The Balaban J connectivity index is 2.77. The van der Waals surface area contributed by atoms with Gasteiger partial charge in [-0.2, -0.15) is 0 Å². The van der Waals surface area contributed by atoms with E-state index in [1.54, 1.807) is 17.5 Å². The van der Waals surface area contributed by atoms with Crippen LogP contribution in [-0.4, -0.2) is 20.6 Å². The van der Waals surface area contributed by atoms with Crippen molar-refractivity contribution in [3.8, 4) is 10.6 Å². The van der Waals surface area contributed by atoms with Crippen molar-refractivity contribution >= 4 is 17.3 Å². The summed E-state index contributed by atoms with van der Waals surface area (Å²) >= 11 is 1.35. The molecular weight excluding hydrogens is 228 g/mol. The monoisotopic (exact) mass is 236 g/mol. The highest BCUT2D eigenvalue weighted by Gasteiger charge is 2.19. The minimum atomic E-state index is -1.25. The molecule has 0 aliphatic carbocycles. The maximum atomic E-state index is 11.7. The Hall–Kier alpha value is -1.95. The average molecular weight is 236 g/mol. The second-order valence-corrected chi connectivity index (χ2v) is 4.11. The van der Waals surface area contributed by atoms with E-state index in [1.807, 2.05) is 0 Å². The lowest BCUT2D eigenvalue weighted by molar-refractivity contribution is 0.0694. The van der Waals surface area contributed by atoms with Crippen molar-refractivity contribution in [3.05, 3.63) is 39.8 Å².